The largest absolute Gasteiger partial charge is 0.506 e. The molecule has 3 aromatic rings. The van der Waals surface area contributed by atoms with Crippen molar-refractivity contribution in [2.45, 2.75) is 25.4 Å². The molecule has 1 aliphatic heterocycles. The fourth-order valence-electron chi connectivity index (χ4n) is 3.69. The third kappa shape index (κ3) is 6.82. The molecule has 11 heteroatoms. The molecule has 1 aliphatic rings. The van der Waals surface area contributed by atoms with Gasteiger partial charge in [-0.15, -0.1) is 0 Å². The molecule has 3 aromatic carbocycles. The van der Waals surface area contributed by atoms with E-state index in [0.717, 1.165) is 23.2 Å². The van der Waals surface area contributed by atoms with Crippen molar-refractivity contribution in [3.8, 4) is 22.6 Å². The summed E-state index contributed by atoms with van der Waals surface area (Å²) < 4.78 is 5.92. The number of aromatic hydroxyl groups is 1. The van der Waals surface area contributed by atoms with Gasteiger partial charge in [0, 0.05) is 39.8 Å². The standard InChI is InChI=1S/C25H23ClNO6.Bk.H2O.W/c26-22-7-4-18(12-23(22)29)17-3-1-2-16(10-17)14-33-20-5-6-21-19(11-20)13-27(24(21)30)15-25(31,32)8-9-28;;;/h1-7,10-12,15,28-29,31-32H,8-9,13-14H2;;1H2;/q-1;;;. The number of benzene rings is 3. The number of carbonyl (C=O) groups is 1. The number of hydrogen-bond acceptors (Lipinski definition) is 6. The molecular formula is C25H25BkClNO7W-. The summed E-state index contributed by atoms with van der Waals surface area (Å²) in [6.07, 6.45) is -0.295. The first-order valence-corrected chi connectivity index (χ1v) is 10.7. The average molecular weight is 918 g/mol. The van der Waals surface area contributed by atoms with Crippen molar-refractivity contribution < 1.29 is 56.5 Å². The number of rotatable bonds is 8. The number of aliphatic hydroxyl groups is 3. The summed E-state index contributed by atoms with van der Waals surface area (Å²) in [5, 5.41) is 38.8. The number of halogens is 1. The zero-order valence-corrected chi connectivity index (χ0v) is 25.3. The van der Waals surface area contributed by atoms with Gasteiger partial charge < -0.3 is 35.5 Å². The molecule has 36 heavy (non-hydrogen) atoms. The molecule has 0 atom stereocenters. The summed E-state index contributed by atoms with van der Waals surface area (Å²) in [5.74, 6) is -2.02. The number of phenols is 1. The third-order valence-corrected chi connectivity index (χ3v) is 5.68. The fourth-order valence-corrected chi connectivity index (χ4v) is 3.81. The molecule has 0 fully saturated rings. The van der Waals surface area contributed by atoms with Gasteiger partial charge in [-0.1, -0.05) is 35.9 Å². The fraction of sp³-hybridized carbons (Fsp3) is 0.200. The second-order valence-electron chi connectivity index (χ2n) is 7.89. The minimum atomic E-state index is -2.27. The predicted octanol–water partition coefficient (Wildman–Crippen LogP) is 2.65. The van der Waals surface area contributed by atoms with Crippen LogP contribution in [0, 0.1) is 6.54 Å². The van der Waals surface area contributed by atoms with Gasteiger partial charge in [-0.2, -0.15) is 6.54 Å². The van der Waals surface area contributed by atoms with Gasteiger partial charge in [0.2, 0.25) is 5.91 Å². The predicted molar refractivity (Wildman–Crippen MR) is 126 cm³/mol. The van der Waals surface area contributed by atoms with Gasteiger partial charge >= 0.3 is 0 Å². The molecule has 1 radical (unpaired) electrons. The van der Waals surface area contributed by atoms with Crippen molar-refractivity contribution >= 4 is 17.5 Å². The molecule has 0 unspecified atom stereocenters. The van der Waals surface area contributed by atoms with E-state index in [9.17, 15) is 20.1 Å². The monoisotopic (exact) mass is 917 g/mol. The van der Waals surface area contributed by atoms with Gasteiger partial charge in [-0.25, -0.2) is 0 Å². The van der Waals surface area contributed by atoms with Crippen LogP contribution < -0.4 is 4.74 Å². The number of phenolic OH excluding ortho intramolecular Hbond substituents is 1. The maximum absolute atomic E-state index is 12.5. The molecule has 6 N–H and O–H groups in total. The molecule has 0 saturated heterocycles. The van der Waals surface area contributed by atoms with Crippen molar-refractivity contribution in [3.63, 3.8) is 0 Å². The van der Waals surface area contributed by atoms with Crippen molar-refractivity contribution in [3.05, 3.63) is 88.9 Å². The van der Waals surface area contributed by atoms with Gasteiger partial charge in [-0.05, 0) is 65.1 Å². The SMILES string of the molecule is O.O=C1c2ccc(OCc3cccc(-c4ccc(Cl)c(O)c4)c3)cc2CN1[CH-]C(O)(O)CCO.[Bk].[W]. The molecule has 1 heterocycles. The van der Waals surface area contributed by atoms with Crippen LogP contribution in [0.15, 0.2) is 60.7 Å². The minimum absolute atomic E-state index is 0. The Balaban J connectivity index is 0.00000216. The Kier molecular flexibility index (Phi) is 10.6. The molecular weight excluding hydrogens is 893 g/mol. The summed E-state index contributed by atoms with van der Waals surface area (Å²) in [4.78, 5) is 13.7. The van der Waals surface area contributed by atoms with Crippen LogP contribution in [0.5, 0.6) is 11.5 Å². The number of ether oxygens (including phenoxy) is 1. The van der Waals surface area contributed by atoms with Crippen LogP contribution in [-0.4, -0.2) is 49.1 Å². The maximum atomic E-state index is 12.5. The van der Waals surface area contributed by atoms with Crippen molar-refractivity contribution in [1.82, 2.24) is 4.90 Å². The molecule has 0 bridgehead atoms. The van der Waals surface area contributed by atoms with E-state index >= 15 is 0 Å². The van der Waals surface area contributed by atoms with Crippen LogP contribution >= 0.6 is 11.6 Å². The zero-order chi connectivity index (χ0) is 23.6. The molecule has 195 valence electrons. The maximum Gasteiger partial charge on any atom is 0.225 e. The van der Waals surface area contributed by atoms with Crippen molar-refractivity contribution in [2.75, 3.05) is 6.61 Å². The Labute approximate surface area is 221 Å². The number of aliphatic hydroxyl groups excluding tert-OH is 1. The zero-order valence-electron chi connectivity index (χ0n) is 18.9. The summed E-state index contributed by atoms with van der Waals surface area (Å²) in [5.41, 5.74) is 3.83. The second-order valence-corrected chi connectivity index (χ2v) is 8.30. The first kappa shape index (κ1) is 30.6. The number of fused-ring (bicyclic) bond motifs is 1. The van der Waals surface area contributed by atoms with E-state index in [1.807, 2.05) is 30.3 Å². The van der Waals surface area contributed by atoms with Gasteiger partial charge in [0.25, 0.3) is 0 Å². The molecule has 0 aliphatic carbocycles. The molecule has 0 spiro atoms. The van der Waals surface area contributed by atoms with Crippen LogP contribution in [0.3, 0.4) is 0 Å². The molecule has 0 aromatic heterocycles. The molecule has 8 nitrogen and oxygen atoms in total. The number of hydrogen-bond donors (Lipinski definition) is 4. The number of carbonyl (C=O) groups excluding carboxylic acids is 1. The molecule has 4 rings (SSSR count). The number of amides is 1. The smallest absolute Gasteiger partial charge is 0.225 e. The van der Waals surface area contributed by atoms with E-state index in [-0.39, 0.29) is 51.2 Å². The van der Waals surface area contributed by atoms with Crippen molar-refractivity contribution in [1.29, 1.82) is 0 Å². The second kappa shape index (κ2) is 12.5. The first-order chi connectivity index (χ1) is 15.8. The summed E-state index contributed by atoms with van der Waals surface area (Å²) >= 11 is 5.89. The minimum Gasteiger partial charge on any atom is -0.506 e. The van der Waals surface area contributed by atoms with E-state index in [0.29, 0.717) is 28.5 Å². The Morgan fingerprint density at radius 2 is 1.78 bits per heavy atom. The van der Waals surface area contributed by atoms with Crippen molar-refractivity contribution in [2.24, 2.45) is 0 Å². The van der Waals surface area contributed by atoms with Gasteiger partial charge in [0.15, 0.2) is 0 Å². The summed E-state index contributed by atoms with van der Waals surface area (Å²) in [6, 6.07) is 17.9. The van der Waals surface area contributed by atoms with Gasteiger partial charge in [0.05, 0.1) is 10.8 Å². The van der Waals surface area contributed by atoms with Crippen LogP contribution in [0.2, 0.25) is 5.02 Å². The third-order valence-electron chi connectivity index (χ3n) is 5.36. The quantitative estimate of drug-likeness (QED) is 0.203. The van der Waals surface area contributed by atoms with Crippen LogP contribution in [0.25, 0.3) is 11.1 Å². The van der Waals surface area contributed by atoms with E-state index in [1.165, 1.54) is 4.90 Å². The van der Waals surface area contributed by atoms with E-state index < -0.39 is 12.4 Å². The Morgan fingerprint density at radius 3 is 2.47 bits per heavy atom. The summed E-state index contributed by atoms with van der Waals surface area (Å²) in [7, 11) is 0. The molecule has 1 amide bonds. The van der Waals surface area contributed by atoms with Crippen LogP contribution in [0.1, 0.15) is 27.9 Å². The molecule has 0 saturated carbocycles. The summed E-state index contributed by atoms with van der Waals surface area (Å²) in [6.45, 7) is 1.07. The van der Waals surface area contributed by atoms with E-state index in [1.54, 1.807) is 30.3 Å². The normalized spacial score (nSPS) is 12.2. The average Bonchev–Trinajstić information content (AvgIpc) is 3.08. The van der Waals surface area contributed by atoms with Gasteiger partial charge in [0.1, 0.15) is 18.1 Å². The van der Waals surface area contributed by atoms with Crippen LogP contribution in [-0.2, 0) is 34.2 Å². The van der Waals surface area contributed by atoms with E-state index in [2.05, 4.69) is 0 Å². The number of nitrogens with zero attached hydrogens (tertiary/aromatic N) is 1. The Morgan fingerprint density at radius 1 is 1.06 bits per heavy atom. The Hall–Kier alpha value is -3.45. The Bertz CT molecular complexity index is 1190. The van der Waals surface area contributed by atoms with Crippen LogP contribution in [0.4, 0.5) is 0 Å². The van der Waals surface area contributed by atoms with Gasteiger partial charge in [-0.3, -0.25) is 4.79 Å². The van der Waals surface area contributed by atoms with E-state index in [4.69, 9.17) is 21.4 Å². The first-order valence-electron chi connectivity index (χ1n) is 10.3. The topological polar surface area (TPSA) is 142 Å².